The summed E-state index contributed by atoms with van der Waals surface area (Å²) in [7, 11) is 0. The maximum Gasteiger partial charge on any atom is 0.271 e. The van der Waals surface area contributed by atoms with E-state index in [9.17, 15) is 13.6 Å². The van der Waals surface area contributed by atoms with Gasteiger partial charge < -0.3 is 10.6 Å². The van der Waals surface area contributed by atoms with Crippen LogP contribution in [-0.4, -0.2) is 31.5 Å². The van der Waals surface area contributed by atoms with E-state index in [4.69, 9.17) is 0 Å². The molecule has 1 saturated heterocycles. The Labute approximate surface area is 108 Å². The molecule has 3 nitrogen and oxygen atoms in total. The monoisotopic (exact) mass is 318 g/mol. The summed E-state index contributed by atoms with van der Waals surface area (Å²) in [4.78, 5) is 11.4. The smallest absolute Gasteiger partial charge is 0.271 e. The van der Waals surface area contributed by atoms with Crippen molar-refractivity contribution in [1.82, 2.24) is 10.6 Å². The Morgan fingerprint density at radius 3 is 2.75 bits per heavy atom. The van der Waals surface area contributed by atoms with Crippen LogP contribution in [0.15, 0.2) is 11.1 Å². The fourth-order valence-electron chi connectivity index (χ4n) is 1.46. The Morgan fingerprint density at radius 1 is 1.62 bits per heavy atom. The number of hydrogen-bond acceptors (Lipinski definition) is 2. The highest BCUT2D eigenvalue weighted by atomic mass is 79.9. The number of piperidine rings is 1. The molecule has 1 unspecified atom stereocenters. The summed E-state index contributed by atoms with van der Waals surface area (Å²) in [5.74, 6) is -4.80. The molecule has 1 heterocycles. The second kappa shape index (κ2) is 6.51. The van der Waals surface area contributed by atoms with Gasteiger partial charge in [-0.2, -0.15) is 0 Å². The Kier molecular flexibility index (Phi) is 6.43. The van der Waals surface area contributed by atoms with Crippen LogP contribution in [0.25, 0.3) is 0 Å². The number of hydrogen-bond donors (Lipinski definition) is 2. The van der Waals surface area contributed by atoms with E-state index in [2.05, 4.69) is 33.1 Å². The van der Waals surface area contributed by atoms with Crippen molar-refractivity contribution in [2.45, 2.75) is 12.3 Å². The SMILES string of the molecule is C=C(Br)CNC(=O)C1CCNCC1(F)F.Cl. The van der Waals surface area contributed by atoms with E-state index in [0.29, 0.717) is 11.0 Å². The minimum absolute atomic E-state index is 0. The molecule has 0 aromatic heterocycles. The van der Waals surface area contributed by atoms with Crippen molar-refractivity contribution in [2.75, 3.05) is 19.6 Å². The van der Waals surface area contributed by atoms with Crippen LogP contribution in [0.2, 0.25) is 0 Å². The van der Waals surface area contributed by atoms with Gasteiger partial charge >= 0.3 is 0 Å². The second-order valence-corrected chi connectivity index (χ2v) is 4.64. The molecule has 1 aliphatic rings. The lowest BCUT2D eigenvalue weighted by Gasteiger charge is -2.30. The highest BCUT2D eigenvalue weighted by Crippen LogP contribution is 2.29. The van der Waals surface area contributed by atoms with Crippen molar-refractivity contribution in [3.8, 4) is 0 Å². The molecule has 16 heavy (non-hydrogen) atoms. The fraction of sp³-hybridized carbons (Fsp3) is 0.667. The van der Waals surface area contributed by atoms with Crippen LogP contribution in [0.4, 0.5) is 8.78 Å². The van der Waals surface area contributed by atoms with Crippen LogP contribution in [0.1, 0.15) is 6.42 Å². The number of nitrogens with one attached hydrogen (secondary N) is 2. The first-order valence-electron chi connectivity index (χ1n) is 4.63. The van der Waals surface area contributed by atoms with Gasteiger partial charge in [0, 0.05) is 11.0 Å². The van der Waals surface area contributed by atoms with E-state index in [-0.39, 0.29) is 25.4 Å². The lowest BCUT2D eigenvalue weighted by atomic mass is 9.93. The van der Waals surface area contributed by atoms with E-state index in [1.54, 1.807) is 0 Å². The molecule has 1 fully saturated rings. The summed E-state index contributed by atoms with van der Waals surface area (Å²) >= 11 is 3.05. The zero-order valence-corrected chi connectivity index (χ0v) is 11.0. The van der Waals surface area contributed by atoms with Gasteiger partial charge in [0.25, 0.3) is 5.92 Å². The largest absolute Gasteiger partial charge is 0.351 e. The molecular formula is C9H14BrClF2N2O. The molecule has 1 amide bonds. The average molecular weight is 320 g/mol. The van der Waals surface area contributed by atoms with E-state index >= 15 is 0 Å². The van der Waals surface area contributed by atoms with Crippen molar-refractivity contribution < 1.29 is 13.6 Å². The molecule has 0 aliphatic carbocycles. The van der Waals surface area contributed by atoms with E-state index in [0.717, 1.165) is 0 Å². The summed E-state index contributed by atoms with van der Waals surface area (Å²) in [6, 6.07) is 0. The average Bonchev–Trinajstić information content (AvgIpc) is 2.13. The number of carbonyl (C=O) groups excluding carboxylic acids is 1. The molecule has 1 atom stereocenters. The number of halogens is 4. The predicted octanol–water partition coefficient (Wildman–Crippen LogP) is 1.68. The first kappa shape index (κ1) is 15.8. The summed E-state index contributed by atoms with van der Waals surface area (Å²) < 4.78 is 27.1. The van der Waals surface area contributed by atoms with Gasteiger partial charge in [-0.3, -0.25) is 4.79 Å². The van der Waals surface area contributed by atoms with Crippen LogP contribution in [-0.2, 0) is 4.79 Å². The number of rotatable bonds is 3. The highest BCUT2D eigenvalue weighted by Gasteiger charge is 2.45. The van der Waals surface area contributed by atoms with E-state index in [1.807, 2.05) is 0 Å². The number of amides is 1. The normalized spacial score (nSPS) is 23.1. The van der Waals surface area contributed by atoms with Crippen LogP contribution < -0.4 is 10.6 Å². The molecule has 0 aromatic rings. The summed E-state index contributed by atoms with van der Waals surface area (Å²) in [6.07, 6.45) is 0.160. The molecule has 2 N–H and O–H groups in total. The molecule has 94 valence electrons. The fourth-order valence-corrected chi connectivity index (χ4v) is 1.61. The van der Waals surface area contributed by atoms with Gasteiger partial charge in [-0.05, 0) is 13.0 Å². The molecule has 1 aliphatic heterocycles. The van der Waals surface area contributed by atoms with Crippen LogP contribution in [0.5, 0.6) is 0 Å². The van der Waals surface area contributed by atoms with Gasteiger partial charge in [-0.1, -0.05) is 22.5 Å². The molecule has 1 rings (SSSR count). The summed E-state index contributed by atoms with van der Waals surface area (Å²) in [5, 5.41) is 4.98. The minimum atomic E-state index is -2.96. The Bertz CT molecular complexity index is 276. The second-order valence-electron chi connectivity index (χ2n) is 3.51. The quantitative estimate of drug-likeness (QED) is 0.831. The zero-order chi connectivity index (χ0) is 11.5. The van der Waals surface area contributed by atoms with Crippen molar-refractivity contribution in [1.29, 1.82) is 0 Å². The molecule has 0 bridgehead atoms. The van der Waals surface area contributed by atoms with Gasteiger partial charge in [-0.15, -0.1) is 12.4 Å². The first-order chi connectivity index (χ1) is 6.93. The van der Waals surface area contributed by atoms with Gasteiger partial charge in [0.1, 0.15) is 5.92 Å². The van der Waals surface area contributed by atoms with E-state index < -0.39 is 24.3 Å². The van der Waals surface area contributed by atoms with Crippen LogP contribution >= 0.6 is 28.3 Å². The molecule has 0 aromatic carbocycles. The maximum atomic E-state index is 13.3. The molecular weight excluding hydrogens is 305 g/mol. The van der Waals surface area contributed by atoms with Crippen LogP contribution in [0, 0.1) is 5.92 Å². The minimum Gasteiger partial charge on any atom is -0.351 e. The van der Waals surface area contributed by atoms with Crippen molar-refractivity contribution >= 4 is 34.2 Å². The number of alkyl halides is 2. The molecule has 0 spiro atoms. The van der Waals surface area contributed by atoms with Crippen molar-refractivity contribution in [2.24, 2.45) is 5.92 Å². The standard InChI is InChI=1S/C9H13BrF2N2O.ClH/c1-6(10)4-14-8(15)7-2-3-13-5-9(7,11)12;/h7,13H,1-5H2,(H,14,15);1H. The third kappa shape index (κ3) is 4.35. The van der Waals surface area contributed by atoms with Gasteiger partial charge in [0.2, 0.25) is 5.91 Å². The zero-order valence-electron chi connectivity index (χ0n) is 8.56. The highest BCUT2D eigenvalue weighted by molar-refractivity contribution is 9.11. The predicted molar refractivity (Wildman–Crippen MR) is 64.2 cm³/mol. The first-order valence-corrected chi connectivity index (χ1v) is 5.42. The summed E-state index contributed by atoms with van der Waals surface area (Å²) in [6.45, 7) is 3.71. The Hall–Kier alpha value is -0.200. The van der Waals surface area contributed by atoms with E-state index in [1.165, 1.54) is 0 Å². The number of carbonyl (C=O) groups is 1. The Balaban J connectivity index is 0.00000225. The molecule has 7 heteroatoms. The van der Waals surface area contributed by atoms with Gasteiger partial charge in [0.05, 0.1) is 6.54 Å². The lowest BCUT2D eigenvalue weighted by Crippen LogP contribution is -2.52. The Morgan fingerprint density at radius 2 is 2.25 bits per heavy atom. The van der Waals surface area contributed by atoms with Crippen LogP contribution in [0.3, 0.4) is 0 Å². The molecule has 0 radical (unpaired) electrons. The third-order valence-electron chi connectivity index (χ3n) is 2.25. The van der Waals surface area contributed by atoms with Gasteiger partial charge in [0.15, 0.2) is 0 Å². The van der Waals surface area contributed by atoms with Crippen molar-refractivity contribution in [3.63, 3.8) is 0 Å². The van der Waals surface area contributed by atoms with Crippen molar-refractivity contribution in [3.05, 3.63) is 11.1 Å². The van der Waals surface area contributed by atoms with Gasteiger partial charge in [-0.25, -0.2) is 8.78 Å². The summed E-state index contributed by atoms with van der Waals surface area (Å²) in [5.41, 5.74) is 0. The molecule has 0 saturated carbocycles. The lowest BCUT2D eigenvalue weighted by molar-refractivity contribution is -0.142. The third-order valence-corrected chi connectivity index (χ3v) is 2.53. The topological polar surface area (TPSA) is 41.1 Å². The maximum absolute atomic E-state index is 13.3.